The molecule has 3 aliphatic heterocycles. The van der Waals surface area contributed by atoms with Crippen LogP contribution in [0.25, 0.3) is 10.9 Å². The first-order chi connectivity index (χ1) is 19.9. The molecule has 3 fully saturated rings. The largest absolute Gasteiger partial charge is 0.329 e. The van der Waals surface area contributed by atoms with Crippen molar-refractivity contribution in [2.45, 2.75) is 55.4 Å². The van der Waals surface area contributed by atoms with Gasteiger partial charge in [-0.25, -0.2) is 13.3 Å². The van der Waals surface area contributed by atoms with Crippen molar-refractivity contribution in [1.82, 2.24) is 24.3 Å². The number of carbonyl (C=O) groups excluding carboxylic acids is 2. The minimum absolute atomic E-state index is 0.229. The molecular weight excluding hydrogens is 538 g/mol. The quantitative estimate of drug-likeness (QED) is 0.446. The molecule has 10 nitrogen and oxygen atoms in total. The minimum atomic E-state index is -1.12. The number of benzene rings is 2. The number of urea groups is 1. The van der Waals surface area contributed by atoms with Gasteiger partial charge in [0.15, 0.2) is 5.82 Å². The summed E-state index contributed by atoms with van der Waals surface area (Å²) >= 11 is 0. The van der Waals surface area contributed by atoms with Crippen LogP contribution in [0.4, 0.5) is 10.6 Å². The van der Waals surface area contributed by atoms with Gasteiger partial charge >= 0.3 is 6.03 Å². The molecule has 0 bridgehead atoms. The molecule has 3 amide bonds. The first-order valence-corrected chi connectivity index (χ1v) is 15.8. The molecule has 0 spiro atoms. The fraction of sp³-hybridized carbons (Fsp3) is 0.500. The van der Waals surface area contributed by atoms with Crippen molar-refractivity contribution < 1.29 is 13.8 Å². The standard InChI is InChI=1S/C30H39N7O3S/c1-34-27-20-23(5-6-26(27)29(33-34)37-18-12-28(38)32-30(37)39)22-8-14-35(15-9-22)13-7-21-3-2-4-25(19-21)41(40)36-16-10-24(31)11-17-36/h2-6,19-20,22,24H,7-18,31H2,1H3,(H,32,38,39). The Balaban J connectivity index is 1.04. The van der Waals surface area contributed by atoms with Gasteiger partial charge in [0.2, 0.25) is 5.91 Å². The lowest BCUT2D eigenvalue weighted by atomic mass is 9.89. The number of carbonyl (C=O) groups is 2. The molecule has 6 rings (SSSR count). The number of piperidine rings is 2. The van der Waals surface area contributed by atoms with Crippen LogP contribution in [-0.4, -0.2) is 80.4 Å². The number of nitrogens with zero attached hydrogens (tertiary/aromatic N) is 5. The van der Waals surface area contributed by atoms with Gasteiger partial charge in [0.05, 0.1) is 10.4 Å². The summed E-state index contributed by atoms with van der Waals surface area (Å²) in [5.41, 5.74) is 9.55. The highest BCUT2D eigenvalue weighted by atomic mass is 32.2. The van der Waals surface area contributed by atoms with E-state index in [0.717, 1.165) is 80.6 Å². The van der Waals surface area contributed by atoms with Crippen LogP contribution in [0.1, 0.15) is 49.1 Å². The van der Waals surface area contributed by atoms with Gasteiger partial charge in [-0.2, -0.15) is 5.10 Å². The Morgan fingerprint density at radius 3 is 2.54 bits per heavy atom. The molecule has 2 aromatic carbocycles. The fourth-order valence-corrected chi connectivity index (χ4v) is 7.54. The van der Waals surface area contributed by atoms with Gasteiger partial charge in [0.1, 0.15) is 11.0 Å². The number of fused-ring (bicyclic) bond motifs is 1. The zero-order valence-corrected chi connectivity index (χ0v) is 24.4. The minimum Gasteiger partial charge on any atom is -0.328 e. The Labute approximate surface area is 243 Å². The van der Waals surface area contributed by atoms with E-state index < -0.39 is 17.0 Å². The summed E-state index contributed by atoms with van der Waals surface area (Å²) < 4.78 is 17.0. The number of likely N-dealkylation sites (tertiary alicyclic amines) is 1. The van der Waals surface area contributed by atoms with Crippen molar-refractivity contribution in [3.05, 3.63) is 53.6 Å². The van der Waals surface area contributed by atoms with Crippen LogP contribution in [0.15, 0.2) is 47.4 Å². The Bertz CT molecular complexity index is 1460. The second-order valence-corrected chi connectivity index (χ2v) is 13.0. The van der Waals surface area contributed by atoms with Crippen molar-refractivity contribution in [3.8, 4) is 0 Å². The highest BCUT2D eigenvalue weighted by molar-refractivity contribution is 7.82. The lowest BCUT2D eigenvalue weighted by molar-refractivity contribution is -0.120. The number of aromatic nitrogens is 2. The summed E-state index contributed by atoms with van der Waals surface area (Å²) in [6.45, 7) is 5.00. The van der Waals surface area contributed by atoms with Gasteiger partial charge in [0, 0.05) is 51.1 Å². The molecule has 0 saturated carbocycles. The maximum absolute atomic E-state index is 13.1. The van der Waals surface area contributed by atoms with Crippen molar-refractivity contribution in [2.24, 2.45) is 12.8 Å². The Hall–Kier alpha value is -3.12. The second kappa shape index (κ2) is 12.0. The molecule has 41 heavy (non-hydrogen) atoms. The van der Waals surface area contributed by atoms with E-state index in [0.29, 0.717) is 18.3 Å². The molecule has 1 unspecified atom stereocenters. The van der Waals surface area contributed by atoms with Crippen LogP contribution in [0.5, 0.6) is 0 Å². The van der Waals surface area contributed by atoms with E-state index in [1.54, 1.807) is 4.90 Å². The van der Waals surface area contributed by atoms with Gasteiger partial charge < -0.3 is 10.6 Å². The van der Waals surface area contributed by atoms with E-state index in [2.05, 4.69) is 45.6 Å². The van der Waals surface area contributed by atoms with E-state index in [-0.39, 0.29) is 18.4 Å². The van der Waals surface area contributed by atoms with E-state index >= 15 is 0 Å². The van der Waals surface area contributed by atoms with Gasteiger partial charge in [-0.1, -0.05) is 18.2 Å². The zero-order chi connectivity index (χ0) is 28.5. The number of hydrogen-bond donors (Lipinski definition) is 2. The van der Waals surface area contributed by atoms with Crippen LogP contribution in [0.2, 0.25) is 0 Å². The number of rotatable bonds is 7. The number of nitrogens with one attached hydrogen (secondary N) is 1. The zero-order valence-electron chi connectivity index (χ0n) is 23.6. The highest BCUT2D eigenvalue weighted by Crippen LogP contribution is 2.33. The van der Waals surface area contributed by atoms with Crippen molar-refractivity contribution in [3.63, 3.8) is 0 Å². The summed E-state index contributed by atoms with van der Waals surface area (Å²) in [6, 6.07) is 14.5. The van der Waals surface area contributed by atoms with Gasteiger partial charge in [-0.3, -0.25) is 19.7 Å². The molecule has 1 aromatic heterocycles. The van der Waals surface area contributed by atoms with E-state index in [1.165, 1.54) is 11.1 Å². The maximum atomic E-state index is 13.1. The van der Waals surface area contributed by atoms with Crippen LogP contribution in [-0.2, 0) is 29.2 Å². The molecule has 4 heterocycles. The van der Waals surface area contributed by atoms with Gasteiger partial charge in [0.25, 0.3) is 0 Å². The smallest absolute Gasteiger partial charge is 0.328 e. The summed E-state index contributed by atoms with van der Waals surface area (Å²) in [6.07, 6.45) is 5.21. The molecule has 1 atom stereocenters. The Morgan fingerprint density at radius 1 is 1.00 bits per heavy atom. The number of hydrogen-bond acceptors (Lipinski definition) is 6. The molecule has 3 aliphatic rings. The Morgan fingerprint density at radius 2 is 1.78 bits per heavy atom. The first kappa shape index (κ1) is 28.0. The predicted octanol–water partition coefficient (Wildman–Crippen LogP) is 2.89. The summed E-state index contributed by atoms with van der Waals surface area (Å²) in [4.78, 5) is 28.9. The van der Waals surface area contributed by atoms with Crippen LogP contribution >= 0.6 is 0 Å². The second-order valence-electron chi connectivity index (χ2n) is 11.5. The topological polar surface area (TPSA) is 117 Å². The average Bonchev–Trinajstić information content (AvgIpc) is 3.31. The summed E-state index contributed by atoms with van der Waals surface area (Å²) in [5, 5.41) is 7.93. The third-order valence-corrected chi connectivity index (χ3v) is 10.3. The van der Waals surface area contributed by atoms with Crippen LogP contribution < -0.4 is 16.0 Å². The summed E-state index contributed by atoms with van der Waals surface area (Å²) in [5.74, 6) is 0.833. The number of nitrogens with two attached hydrogens (primary N) is 1. The molecule has 0 aliphatic carbocycles. The third-order valence-electron chi connectivity index (χ3n) is 8.77. The molecule has 3 aromatic rings. The van der Waals surface area contributed by atoms with Gasteiger partial charge in [-0.15, -0.1) is 0 Å². The monoisotopic (exact) mass is 577 g/mol. The number of anilines is 1. The SMILES string of the molecule is Cn1nc(N2CCC(=O)NC2=O)c2ccc(C3CCN(CCc4cccc(S(=O)N5CCC(N)CC5)c4)CC3)cc21. The first-order valence-electron chi connectivity index (χ1n) is 14.7. The van der Waals surface area contributed by atoms with E-state index in [1.807, 2.05) is 28.2 Å². The third kappa shape index (κ3) is 6.08. The molecule has 0 radical (unpaired) electrons. The molecule has 218 valence electrons. The lowest BCUT2D eigenvalue weighted by Gasteiger charge is -2.32. The number of imide groups is 1. The van der Waals surface area contributed by atoms with Crippen molar-refractivity contribution >= 4 is 39.6 Å². The van der Waals surface area contributed by atoms with Crippen molar-refractivity contribution in [1.29, 1.82) is 0 Å². The summed E-state index contributed by atoms with van der Waals surface area (Å²) in [7, 11) is 0.778. The maximum Gasteiger partial charge on any atom is 0.329 e. The molecule has 11 heteroatoms. The van der Waals surface area contributed by atoms with E-state index in [4.69, 9.17) is 5.73 Å². The fourth-order valence-electron chi connectivity index (χ4n) is 6.25. The van der Waals surface area contributed by atoms with Crippen molar-refractivity contribution in [2.75, 3.05) is 44.2 Å². The average molecular weight is 578 g/mol. The van der Waals surface area contributed by atoms with Crippen LogP contribution in [0.3, 0.4) is 0 Å². The molecular formula is C30H39N7O3S. The normalized spacial score (nSPS) is 21.0. The number of amides is 3. The van der Waals surface area contributed by atoms with Gasteiger partial charge in [-0.05, 0) is 86.5 Å². The number of aryl methyl sites for hydroxylation is 1. The lowest BCUT2D eigenvalue weighted by Crippen LogP contribution is -2.49. The van der Waals surface area contributed by atoms with Crippen LogP contribution in [0, 0.1) is 0 Å². The molecule has 3 saturated heterocycles. The Kier molecular flexibility index (Phi) is 8.21. The highest BCUT2D eigenvalue weighted by Gasteiger charge is 2.29. The predicted molar refractivity (Wildman–Crippen MR) is 160 cm³/mol. The molecule has 3 N–H and O–H groups in total. The van der Waals surface area contributed by atoms with E-state index in [9.17, 15) is 13.8 Å².